The van der Waals surface area contributed by atoms with Crippen LogP contribution in [-0.4, -0.2) is 38.1 Å². The largest absolute Gasteiger partial charge is 0.479 e. The van der Waals surface area contributed by atoms with Gasteiger partial charge in [0.2, 0.25) is 5.91 Å². The summed E-state index contributed by atoms with van der Waals surface area (Å²) in [5.41, 5.74) is -1.36. The van der Waals surface area contributed by atoms with Crippen LogP contribution in [0.5, 0.6) is 0 Å². The fourth-order valence-electron chi connectivity index (χ4n) is 5.49. The number of hydrogen-bond acceptors (Lipinski definition) is 6. The molecule has 2 aromatic carbocycles. The van der Waals surface area contributed by atoms with Gasteiger partial charge in [-0.3, -0.25) is 19.7 Å². The third kappa shape index (κ3) is 4.22. The summed E-state index contributed by atoms with van der Waals surface area (Å²) in [6.45, 7) is 1.48. The number of amides is 1. The lowest BCUT2D eigenvalue weighted by molar-refractivity contribution is -0.385. The number of aliphatic carboxylic acids is 1. The average molecular weight is 539 g/mol. The number of carboxylic acids is 1. The molecular weight excluding hydrogens is 516 g/mol. The van der Waals surface area contributed by atoms with Gasteiger partial charge in [-0.1, -0.05) is 41.9 Å². The quantitative estimate of drug-likeness (QED) is 0.233. The number of nitrogens with zero attached hydrogens (tertiary/aromatic N) is 2. The van der Waals surface area contributed by atoms with E-state index < -0.39 is 34.3 Å². The molecule has 1 N–H and O–H groups in total. The Morgan fingerprint density at radius 3 is 2.43 bits per heavy atom. The van der Waals surface area contributed by atoms with Crippen LogP contribution in [0.15, 0.2) is 66.0 Å². The van der Waals surface area contributed by atoms with Crippen LogP contribution in [0.2, 0.25) is 5.02 Å². The summed E-state index contributed by atoms with van der Waals surface area (Å²) in [4.78, 5) is 54.2. The van der Waals surface area contributed by atoms with Crippen LogP contribution in [0.3, 0.4) is 0 Å². The first-order valence-electron chi connectivity index (χ1n) is 11.8. The van der Waals surface area contributed by atoms with Crippen LogP contribution >= 0.6 is 22.9 Å². The van der Waals surface area contributed by atoms with E-state index in [0.717, 1.165) is 0 Å². The van der Waals surface area contributed by atoms with Crippen LogP contribution < -0.4 is 0 Å². The number of benzene rings is 2. The Morgan fingerprint density at radius 2 is 1.84 bits per heavy atom. The number of thiophene rings is 1. The highest BCUT2D eigenvalue weighted by molar-refractivity contribution is 7.10. The van der Waals surface area contributed by atoms with Crippen molar-refractivity contribution in [2.75, 3.05) is 0 Å². The van der Waals surface area contributed by atoms with Crippen LogP contribution in [-0.2, 0) is 9.59 Å². The third-order valence-electron chi connectivity index (χ3n) is 7.36. The van der Waals surface area contributed by atoms with Crippen molar-refractivity contribution in [1.82, 2.24) is 4.90 Å². The highest BCUT2D eigenvalue weighted by Crippen LogP contribution is 2.58. The Bertz CT molecular complexity index is 1410. The number of carboxylic acid groups (broad SMARTS) is 1. The van der Waals surface area contributed by atoms with E-state index in [4.69, 9.17) is 11.6 Å². The molecule has 1 aliphatic carbocycles. The van der Waals surface area contributed by atoms with E-state index in [1.54, 1.807) is 41.8 Å². The Hall–Kier alpha value is -3.56. The van der Waals surface area contributed by atoms with Crippen molar-refractivity contribution in [2.45, 2.75) is 37.3 Å². The van der Waals surface area contributed by atoms with Crippen LogP contribution in [0, 0.1) is 22.0 Å². The van der Waals surface area contributed by atoms with E-state index in [0.29, 0.717) is 28.3 Å². The van der Waals surface area contributed by atoms with Gasteiger partial charge in [-0.25, -0.2) is 4.79 Å². The van der Waals surface area contributed by atoms with Crippen molar-refractivity contribution in [3.05, 3.63) is 97.2 Å². The summed E-state index contributed by atoms with van der Waals surface area (Å²) in [6, 6.07) is 14.7. The van der Waals surface area contributed by atoms with E-state index in [1.165, 1.54) is 47.4 Å². The second-order valence-electron chi connectivity index (χ2n) is 9.63. The second kappa shape index (κ2) is 9.39. The van der Waals surface area contributed by atoms with E-state index in [1.807, 2.05) is 0 Å². The smallest absolute Gasteiger partial charge is 0.330 e. The Balaban J connectivity index is 1.80. The molecule has 10 heteroatoms. The predicted molar refractivity (Wildman–Crippen MR) is 138 cm³/mol. The van der Waals surface area contributed by atoms with Gasteiger partial charge in [0.1, 0.15) is 5.54 Å². The topological polar surface area (TPSA) is 118 Å². The van der Waals surface area contributed by atoms with E-state index in [-0.39, 0.29) is 28.9 Å². The lowest BCUT2D eigenvalue weighted by atomic mass is 9.74. The van der Waals surface area contributed by atoms with Crippen molar-refractivity contribution < 1.29 is 24.4 Å². The SMILES string of the molecule is CC1(C(=O)O)C(c2cccs2)C(C(=O)c2cccc(Cl)c2)C(c2cccc([N+](=O)[O-])c2)N1C(=O)C1CC1. The number of Topliss-reactive ketones (excluding diaryl/α,β-unsaturated/α-hetero) is 1. The van der Waals surface area contributed by atoms with E-state index in [2.05, 4.69) is 0 Å². The van der Waals surface area contributed by atoms with Crippen LogP contribution in [0.25, 0.3) is 0 Å². The number of nitro groups is 1. The summed E-state index contributed by atoms with van der Waals surface area (Å²) < 4.78 is 0. The van der Waals surface area contributed by atoms with Crippen molar-refractivity contribution in [3.8, 4) is 0 Å². The number of hydrogen-bond donors (Lipinski definition) is 1. The minimum absolute atomic E-state index is 0.207. The molecule has 0 bridgehead atoms. The maximum atomic E-state index is 14.3. The first kappa shape index (κ1) is 25.1. The molecule has 2 aliphatic rings. The fourth-order valence-corrected chi connectivity index (χ4v) is 6.67. The molecule has 37 heavy (non-hydrogen) atoms. The Labute approximate surface area is 221 Å². The summed E-state index contributed by atoms with van der Waals surface area (Å²) in [6.07, 6.45) is 1.26. The fraction of sp³-hybridized carbons (Fsp3) is 0.296. The molecule has 2 heterocycles. The Morgan fingerprint density at radius 1 is 1.11 bits per heavy atom. The van der Waals surface area contributed by atoms with Gasteiger partial charge in [0.15, 0.2) is 5.78 Å². The van der Waals surface area contributed by atoms with Gasteiger partial charge < -0.3 is 10.0 Å². The first-order valence-corrected chi connectivity index (χ1v) is 13.0. The summed E-state index contributed by atoms with van der Waals surface area (Å²) in [5.74, 6) is -4.24. The zero-order valence-electron chi connectivity index (χ0n) is 19.7. The molecule has 190 valence electrons. The molecule has 1 amide bonds. The number of nitro benzene ring substituents is 1. The lowest BCUT2D eigenvalue weighted by Crippen LogP contribution is -2.54. The van der Waals surface area contributed by atoms with Gasteiger partial charge in [0.05, 0.1) is 16.9 Å². The molecule has 8 nitrogen and oxygen atoms in total. The average Bonchev–Trinajstić information content (AvgIpc) is 3.51. The standard InChI is InChI=1S/C27H23ClN2O6S/c1-27(26(33)34)22(20-9-4-12-37-20)21(24(31)17-6-2-7-18(28)13-17)23(29(27)25(32)15-10-11-15)16-5-3-8-19(14-16)30(35)36/h2-9,12-15,21-23H,10-11H2,1H3,(H,33,34). The molecule has 4 atom stereocenters. The number of carbonyl (C=O) groups excluding carboxylic acids is 2. The summed E-state index contributed by atoms with van der Waals surface area (Å²) >= 11 is 7.51. The lowest BCUT2D eigenvalue weighted by Gasteiger charge is -2.37. The number of ketones is 1. The van der Waals surface area contributed by atoms with Gasteiger partial charge in [0, 0.05) is 39.4 Å². The maximum absolute atomic E-state index is 14.3. The van der Waals surface area contributed by atoms with Crippen LogP contribution in [0.4, 0.5) is 5.69 Å². The van der Waals surface area contributed by atoms with Gasteiger partial charge in [-0.05, 0) is 48.9 Å². The molecular formula is C27H23ClN2O6S. The molecule has 1 aliphatic heterocycles. The van der Waals surface area contributed by atoms with E-state index >= 15 is 0 Å². The highest BCUT2D eigenvalue weighted by atomic mass is 35.5. The van der Waals surface area contributed by atoms with Gasteiger partial charge in [0.25, 0.3) is 5.69 Å². The van der Waals surface area contributed by atoms with Crippen molar-refractivity contribution >= 4 is 46.3 Å². The summed E-state index contributed by atoms with van der Waals surface area (Å²) in [5, 5.41) is 24.4. The second-order valence-corrected chi connectivity index (χ2v) is 11.0. The van der Waals surface area contributed by atoms with Gasteiger partial charge >= 0.3 is 5.97 Å². The number of likely N-dealkylation sites (tertiary alicyclic amines) is 1. The molecule has 1 aromatic heterocycles. The minimum Gasteiger partial charge on any atom is -0.479 e. The predicted octanol–water partition coefficient (Wildman–Crippen LogP) is 5.73. The zero-order valence-corrected chi connectivity index (χ0v) is 21.3. The van der Waals surface area contributed by atoms with Crippen molar-refractivity contribution in [3.63, 3.8) is 0 Å². The summed E-state index contributed by atoms with van der Waals surface area (Å²) in [7, 11) is 0. The molecule has 1 saturated heterocycles. The zero-order chi connectivity index (χ0) is 26.5. The number of non-ortho nitro benzene ring substituents is 1. The maximum Gasteiger partial charge on any atom is 0.330 e. The van der Waals surface area contributed by atoms with Crippen molar-refractivity contribution in [1.29, 1.82) is 0 Å². The number of carbonyl (C=O) groups is 3. The monoisotopic (exact) mass is 538 g/mol. The minimum atomic E-state index is -1.78. The first-order chi connectivity index (χ1) is 17.6. The molecule has 5 rings (SSSR count). The van der Waals surface area contributed by atoms with Gasteiger partial charge in [-0.2, -0.15) is 0 Å². The van der Waals surface area contributed by atoms with Crippen LogP contribution in [0.1, 0.15) is 52.5 Å². The van der Waals surface area contributed by atoms with Crippen molar-refractivity contribution in [2.24, 2.45) is 11.8 Å². The van der Waals surface area contributed by atoms with E-state index in [9.17, 15) is 29.6 Å². The molecule has 3 aromatic rings. The Kier molecular flexibility index (Phi) is 6.37. The normalized spacial score (nSPS) is 25.1. The molecule has 0 radical (unpaired) electrons. The van der Waals surface area contributed by atoms with Gasteiger partial charge in [-0.15, -0.1) is 11.3 Å². The molecule has 1 saturated carbocycles. The molecule has 0 spiro atoms. The highest BCUT2D eigenvalue weighted by Gasteiger charge is 2.66. The number of halogens is 1. The molecule has 2 fully saturated rings. The number of rotatable bonds is 7. The third-order valence-corrected chi connectivity index (χ3v) is 8.56. The molecule has 4 unspecified atom stereocenters.